The molecule has 0 radical (unpaired) electrons. The first-order chi connectivity index (χ1) is 7.19. The summed E-state index contributed by atoms with van der Waals surface area (Å²) in [6.45, 7) is 4.69. The highest BCUT2D eigenvalue weighted by atomic mass is 16.5. The van der Waals surface area contributed by atoms with E-state index in [1.807, 2.05) is 33.0 Å². The van der Waals surface area contributed by atoms with Crippen LogP contribution in [0.4, 0.5) is 0 Å². The monoisotopic (exact) mass is 204 g/mol. The van der Waals surface area contributed by atoms with Crippen LogP contribution in [0, 0.1) is 18.3 Å². The fourth-order valence-electron chi connectivity index (χ4n) is 1.43. The van der Waals surface area contributed by atoms with Crippen molar-refractivity contribution in [2.24, 2.45) is 0 Å². The summed E-state index contributed by atoms with van der Waals surface area (Å²) in [6, 6.07) is 7.72. The van der Waals surface area contributed by atoms with Crippen LogP contribution < -0.4 is 10.1 Å². The van der Waals surface area contributed by atoms with Gasteiger partial charge in [0.2, 0.25) is 0 Å². The Hall–Kier alpha value is -1.53. The lowest BCUT2D eigenvalue weighted by atomic mass is 10.1. The summed E-state index contributed by atoms with van der Waals surface area (Å²) >= 11 is 0. The topological polar surface area (TPSA) is 45.0 Å². The summed E-state index contributed by atoms with van der Waals surface area (Å²) in [5.74, 6) is 0.697. The molecule has 3 heteroatoms. The van der Waals surface area contributed by atoms with Crippen LogP contribution in [-0.4, -0.2) is 19.7 Å². The molecular weight excluding hydrogens is 188 g/mol. The summed E-state index contributed by atoms with van der Waals surface area (Å²) in [4.78, 5) is 0. The molecule has 3 nitrogen and oxygen atoms in total. The zero-order valence-electron chi connectivity index (χ0n) is 9.37. The van der Waals surface area contributed by atoms with Gasteiger partial charge in [0, 0.05) is 6.54 Å². The zero-order valence-corrected chi connectivity index (χ0v) is 9.37. The van der Waals surface area contributed by atoms with Crippen LogP contribution in [-0.2, 0) is 0 Å². The van der Waals surface area contributed by atoms with Gasteiger partial charge < -0.3 is 10.1 Å². The molecule has 80 valence electrons. The molecule has 0 saturated carbocycles. The third-order valence-electron chi connectivity index (χ3n) is 2.14. The van der Waals surface area contributed by atoms with Crippen molar-refractivity contribution in [2.75, 3.05) is 13.6 Å². The van der Waals surface area contributed by atoms with Gasteiger partial charge in [0.15, 0.2) is 0 Å². The lowest BCUT2D eigenvalue weighted by molar-refractivity contribution is 0.218. The number of nitrogens with one attached hydrogen (secondary N) is 1. The highest BCUT2D eigenvalue weighted by Crippen LogP contribution is 2.23. The van der Waals surface area contributed by atoms with Crippen molar-refractivity contribution in [3.8, 4) is 11.8 Å². The van der Waals surface area contributed by atoms with Crippen LogP contribution in [0.25, 0.3) is 0 Å². The Bertz CT molecular complexity index is 368. The number of rotatable bonds is 4. The van der Waals surface area contributed by atoms with Crippen molar-refractivity contribution in [3.05, 3.63) is 29.3 Å². The molecular formula is C12H16N2O. The Kier molecular flexibility index (Phi) is 4.14. The van der Waals surface area contributed by atoms with E-state index < -0.39 is 0 Å². The smallest absolute Gasteiger partial charge is 0.140 e. The minimum absolute atomic E-state index is 0.0585. The third kappa shape index (κ3) is 2.97. The van der Waals surface area contributed by atoms with Crippen LogP contribution in [0.5, 0.6) is 5.75 Å². The van der Waals surface area contributed by atoms with E-state index >= 15 is 0 Å². The predicted octanol–water partition coefficient (Wildman–Crippen LogP) is 1.85. The van der Waals surface area contributed by atoms with Crippen LogP contribution >= 0.6 is 0 Å². The fourth-order valence-corrected chi connectivity index (χ4v) is 1.43. The molecule has 0 heterocycles. The second kappa shape index (κ2) is 5.38. The minimum Gasteiger partial charge on any atom is -0.488 e. The molecule has 0 fully saturated rings. The van der Waals surface area contributed by atoms with Crippen LogP contribution in [0.2, 0.25) is 0 Å². The fraction of sp³-hybridized carbons (Fsp3) is 0.417. The van der Waals surface area contributed by atoms with Crippen molar-refractivity contribution < 1.29 is 4.74 Å². The van der Waals surface area contributed by atoms with E-state index in [1.54, 1.807) is 6.07 Å². The Balaban J connectivity index is 2.88. The summed E-state index contributed by atoms with van der Waals surface area (Å²) < 4.78 is 5.72. The van der Waals surface area contributed by atoms with Crippen LogP contribution in [0.1, 0.15) is 18.1 Å². The normalized spacial score (nSPS) is 11.9. The first-order valence-corrected chi connectivity index (χ1v) is 5.00. The number of benzene rings is 1. The second-order valence-corrected chi connectivity index (χ2v) is 3.55. The van der Waals surface area contributed by atoms with Gasteiger partial charge in [-0.1, -0.05) is 12.1 Å². The number of para-hydroxylation sites is 1. The van der Waals surface area contributed by atoms with Gasteiger partial charge in [-0.2, -0.15) is 5.26 Å². The quantitative estimate of drug-likeness (QED) is 0.814. The number of aryl methyl sites for hydroxylation is 1. The lowest BCUT2D eigenvalue weighted by Gasteiger charge is -2.16. The SMILES string of the molecule is CNCC(C)Oc1c(C)cccc1C#N. The van der Waals surface area contributed by atoms with Gasteiger partial charge in [-0.25, -0.2) is 0 Å². The number of hydrogen-bond acceptors (Lipinski definition) is 3. The molecule has 0 bridgehead atoms. The molecule has 0 amide bonds. The number of nitrogens with zero attached hydrogens (tertiary/aromatic N) is 1. The molecule has 1 N–H and O–H groups in total. The molecule has 0 saturated heterocycles. The largest absolute Gasteiger partial charge is 0.488 e. The van der Waals surface area contributed by atoms with Crippen molar-refractivity contribution in [1.82, 2.24) is 5.32 Å². The third-order valence-corrected chi connectivity index (χ3v) is 2.14. The number of likely N-dealkylation sites (N-methyl/N-ethyl adjacent to an activating group) is 1. The average Bonchev–Trinajstić information content (AvgIpc) is 2.21. The van der Waals surface area contributed by atoms with E-state index in [2.05, 4.69) is 11.4 Å². The van der Waals surface area contributed by atoms with Crippen LogP contribution in [0.3, 0.4) is 0 Å². The summed E-state index contributed by atoms with van der Waals surface area (Å²) in [7, 11) is 1.88. The highest BCUT2D eigenvalue weighted by molar-refractivity contribution is 5.47. The maximum absolute atomic E-state index is 8.94. The first kappa shape index (κ1) is 11.5. The van der Waals surface area contributed by atoms with Gasteiger partial charge in [-0.3, -0.25) is 0 Å². The Morgan fingerprint density at radius 2 is 2.27 bits per heavy atom. The second-order valence-electron chi connectivity index (χ2n) is 3.55. The first-order valence-electron chi connectivity index (χ1n) is 5.00. The van der Waals surface area contributed by atoms with E-state index in [4.69, 9.17) is 10.00 Å². The standard InChI is InChI=1S/C12H16N2O/c1-9-5-4-6-11(7-13)12(9)15-10(2)8-14-3/h4-6,10,14H,8H2,1-3H3. The van der Waals surface area contributed by atoms with Gasteiger partial charge in [0.1, 0.15) is 17.9 Å². The maximum Gasteiger partial charge on any atom is 0.140 e. The Morgan fingerprint density at radius 1 is 1.53 bits per heavy atom. The van der Waals surface area contributed by atoms with Gasteiger partial charge in [-0.15, -0.1) is 0 Å². The molecule has 1 aromatic carbocycles. The molecule has 0 aliphatic heterocycles. The van der Waals surface area contributed by atoms with Crippen molar-refractivity contribution >= 4 is 0 Å². The zero-order chi connectivity index (χ0) is 11.3. The Morgan fingerprint density at radius 3 is 2.87 bits per heavy atom. The summed E-state index contributed by atoms with van der Waals surface area (Å²) in [6.07, 6.45) is 0.0585. The van der Waals surface area contributed by atoms with Gasteiger partial charge in [-0.05, 0) is 32.5 Å². The van der Waals surface area contributed by atoms with E-state index in [9.17, 15) is 0 Å². The molecule has 1 rings (SSSR count). The van der Waals surface area contributed by atoms with E-state index in [-0.39, 0.29) is 6.10 Å². The van der Waals surface area contributed by atoms with Gasteiger partial charge in [0.05, 0.1) is 5.56 Å². The molecule has 1 unspecified atom stereocenters. The number of hydrogen-bond donors (Lipinski definition) is 1. The van der Waals surface area contributed by atoms with E-state index in [1.165, 1.54) is 0 Å². The molecule has 0 aromatic heterocycles. The summed E-state index contributed by atoms with van der Waals surface area (Å²) in [5.41, 5.74) is 1.59. The van der Waals surface area contributed by atoms with Crippen molar-refractivity contribution in [1.29, 1.82) is 5.26 Å². The Labute approximate surface area is 90.7 Å². The molecule has 15 heavy (non-hydrogen) atoms. The van der Waals surface area contributed by atoms with Gasteiger partial charge >= 0.3 is 0 Å². The van der Waals surface area contributed by atoms with E-state index in [0.29, 0.717) is 11.3 Å². The van der Waals surface area contributed by atoms with E-state index in [0.717, 1.165) is 12.1 Å². The number of ether oxygens (including phenoxy) is 1. The molecule has 0 aliphatic carbocycles. The summed E-state index contributed by atoms with van der Waals surface area (Å²) in [5, 5.41) is 12.0. The maximum atomic E-state index is 8.94. The molecule has 0 aliphatic rings. The van der Waals surface area contributed by atoms with Crippen LogP contribution in [0.15, 0.2) is 18.2 Å². The highest BCUT2D eigenvalue weighted by Gasteiger charge is 2.09. The van der Waals surface area contributed by atoms with Gasteiger partial charge in [0.25, 0.3) is 0 Å². The molecule has 0 spiro atoms. The number of nitriles is 1. The van der Waals surface area contributed by atoms with Crippen molar-refractivity contribution in [3.63, 3.8) is 0 Å². The molecule has 1 aromatic rings. The van der Waals surface area contributed by atoms with Crippen molar-refractivity contribution in [2.45, 2.75) is 20.0 Å². The predicted molar refractivity (Wildman–Crippen MR) is 59.9 cm³/mol. The average molecular weight is 204 g/mol. The minimum atomic E-state index is 0.0585. The lowest BCUT2D eigenvalue weighted by Crippen LogP contribution is -2.26. The molecule has 1 atom stereocenters.